The van der Waals surface area contributed by atoms with Crippen LogP contribution in [0.1, 0.15) is 58.3 Å². The molecule has 20 heavy (non-hydrogen) atoms. The predicted octanol–water partition coefficient (Wildman–Crippen LogP) is 2.08. The van der Waals surface area contributed by atoms with E-state index >= 15 is 0 Å². The van der Waals surface area contributed by atoms with Crippen molar-refractivity contribution >= 4 is 11.8 Å². The van der Waals surface area contributed by atoms with Crippen molar-refractivity contribution in [2.24, 2.45) is 11.8 Å². The van der Waals surface area contributed by atoms with Crippen LogP contribution in [0.2, 0.25) is 0 Å². The van der Waals surface area contributed by atoms with Crippen molar-refractivity contribution in [3.8, 4) is 0 Å². The molecule has 112 valence electrons. The molecular weight excluding hydrogens is 252 g/mol. The van der Waals surface area contributed by atoms with E-state index in [9.17, 15) is 9.59 Å². The maximum atomic E-state index is 12.8. The molecule has 1 saturated heterocycles. The molecule has 1 heterocycles. The Bertz CT molecular complexity index is 401. The van der Waals surface area contributed by atoms with Gasteiger partial charge in [-0.15, -0.1) is 0 Å². The number of nitrogens with zero attached hydrogens (tertiary/aromatic N) is 1. The van der Waals surface area contributed by atoms with Gasteiger partial charge in [0, 0.05) is 6.54 Å². The lowest BCUT2D eigenvalue weighted by Gasteiger charge is -2.42. The molecule has 4 heteroatoms. The van der Waals surface area contributed by atoms with Crippen LogP contribution in [0.4, 0.5) is 0 Å². The summed E-state index contributed by atoms with van der Waals surface area (Å²) in [5, 5.41) is 2.99. The van der Waals surface area contributed by atoms with Crippen molar-refractivity contribution in [2.45, 2.75) is 63.8 Å². The number of piperazine rings is 1. The molecule has 4 nitrogen and oxygen atoms in total. The highest BCUT2D eigenvalue weighted by Crippen LogP contribution is 2.35. The number of hydrogen-bond donors (Lipinski definition) is 1. The van der Waals surface area contributed by atoms with E-state index in [-0.39, 0.29) is 18.4 Å². The SMILES string of the molecule is CC1CCCCC1CN1CC(=O)NC2(CCCC2)C1=O. The Labute approximate surface area is 121 Å². The van der Waals surface area contributed by atoms with Gasteiger partial charge in [-0.25, -0.2) is 0 Å². The van der Waals surface area contributed by atoms with Crippen LogP contribution in [0.5, 0.6) is 0 Å². The molecule has 2 atom stereocenters. The van der Waals surface area contributed by atoms with Gasteiger partial charge in [0.05, 0.1) is 6.54 Å². The molecule has 2 amide bonds. The molecule has 0 bridgehead atoms. The van der Waals surface area contributed by atoms with Gasteiger partial charge in [0.2, 0.25) is 11.8 Å². The molecule has 0 aromatic carbocycles. The van der Waals surface area contributed by atoms with E-state index in [0.717, 1.165) is 32.2 Å². The number of nitrogens with one attached hydrogen (secondary N) is 1. The minimum absolute atomic E-state index is 0.0370. The number of hydrogen-bond acceptors (Lipinski definition) is 2. The molecule has 2 aliphatic carbocycles. The van der Waals surface area contributed by atoms with E-state index in [1.165, 1.54) is 25.7 Å². The van der Waals surface area contributed by atoms with Gasteiger partial charge in [-0.3, -0.25) is 9.59 Å². The van der Waals surface area contributed by atoms with Crippen LogP contribution in [0, 0.1) is 11.8 Å². The summed E-state index contributed by atoms with van der Waals surface area (Å²) in [5.41, 5.74) is -0.548. The second kappa shape index (κ2) is 5.38. The molecular formula is C16H26N2O2. The van der Waals surface area contributed by atoms with E-state index in [0.29, 0.717) is 11.8 Å². The molecule has 2 unspecified atom stereocenters. The predicted molar refractivity (Wildman–Crippen MR) is 77.0 cm³/mol. The maximum absolute atomic E-state index is 12.8. The van der Waals surface area contributed by atoms with Gasteiger partial charge in [-0.05, 0) is 31.1 Å². The summed E-state index contributed by atoms with van der Waals surface area (Å²) in [6, 6.07) is 0. The minimum atomic E-state index is -0.548. The summed E-state index contributed by atoms with van der Waals surface area (Å²) in [7, 11) is 0. The molecule has 1 spiro atoms. The fourth-order valence-electron chi connectivity index (χ4n) is 4.32. The average Bonchev–Trinajstić information content (AvgIpc) is 2.87. The first kappa shape index (κ1) is 13.9. The second-order valence-electron chi connectivity index (χ2n) is 7.04. The topological polar surface area (TPSA) is 49.4 Å². The van der Waals surface area contributed by atoms with Gasteiger partial charge >= 0.3 is 0 Å². The summed E-state index contributed by atoms with van der Waals surface area (Å²) in [6.07, 6.45) is 8.83. The third-order valence-electron chi connectivity index (χ3n) is 5.61. The minimum Gasteiger partial charge on any atom is -0.340 e. The lowest BCUT2D eigenvalue weighted by molar-refractivity contribution is -0.150. The zero-order valence-electron chi connectivity index (χ0n) is 12.5. The van der Waals surface area contributed by atoms with E-state index < -0.39 is 5.54 Å². The normalized spacial score (nSPS) is 33.5. The summed E-state index contributed by atoms with van der Waals surface area (Å²) in [4.78, 5) is 26.6. The van der Waals surface area contributed by atoms with E-state index in [4.69, 9.17) is 0 Å². The van der Waals surface area contributed by atoms with E-state index in [1.54, 1.807) is 0 Å². The lowest BCUT2D eigenvalue weighted by atomic mass is 9.79. The van der Waals surface area contributed by atoms with Crippen LogP contribution in [0.3, 0.4) is 0 Å². The molecule has 3 fully saturated rings. The van der Waals surface area contributed by atoms with Gasteiger partial charge in [0.1, 0.15) is 5.54 Å². The third-order valence-corrected chi connectivity index (χ3v) is 5.61. The molecule has 3 rings (SSSR count). The summed E-state index contributed by atoms with van der Waals surface area (Å²) >= 11 is 0. The first-order chi connectivity index (χ1) is 9.61. The summed E-state index contributed by atoms with van der Waals surface area (Å²) in [6.45, 7) is 3.35. The second-order valence-corrected chi connectivity index (χ2v) is 7.04. The fraction of sp³-hybridized carbons (Fsp3) is 0.875. The van der Waals surface area contributed by atoms with Gasteiger partial charge in [-0.1, -0.05) is 39.0 Å². The van der Waals surface area contributed by atoms with Crippen LogP contribution in [-0.2, 0) is 9.59 Å². The van der Waals surface area contributed by atoms with Gasteiger partial charge in [-0.2, -0.15) is 0 Å². The van der Waals surface area contributed by atoms with Crippen molar-refractivity contribution in [2.75, 3.05) is 13.1 Å². The quantitative estimate of drug-likeness (QED) is 0.841. The maximum Gasteiger partial charge on any atom is 0.248 e. The number of carbonyl (C=O) groups is 2. The monoisotopic (exact) mass is 278 g/mol. The Hall–Kier alpha value is -1.06. The molecule has 1 N–H and O–H groups in total. The van der Waals surface area contributed by atoms with Crippen LogP contribution in [-0.4, -0.2) is 35.3 Å². The van der Waals surface area contributed by atoms with Crippen molar-refractivity contribution in [1.82, 2.24) is 10.2 Å². The molecule has 3 aliphatic rings. The lowest BCUT2D eigenvalue weighted by Crippen LogP contribution is -2.66. The number of rotatable bonds is 2. The Kier molecular flexibility index (Phi) is 3.74. The summed E-state index contributed by atoms with van der Waals surface area (Å²) in [5.74, 6) is 1.49. The van der Waals surface area contributed by atoms with Crippen LogP contribution in [0.25, 0.3) is 0 Å². The average molecular weight is 278 g/mol. The van der Waals surface area contributed by atoms with Crippen LogP contribution < -0.4 is 5.32 Å². The van der Waals surface area contributed by atoms with Crippen molar-refractivity contribution in [1.29, 1.82) is 0 Å². The number of carbonyl (C=O) groups excluding carboxylic acids is 2. The van der Waals surface area contributed by atoms with Crippen LogP contribution in [0.15, 0.2) is 0 Å². The Morgan fingerprint density at radius 2 is 1.85 bits per heavy atom. The third kappa shape index (κ3) is 2.45. The Morgan fingerprint density at radius 1 is 1.15 bits per heavy atom. The van der Waals surface area contributed by atoms with E-state index in [1.807, 2.05) is 4.90 Å². The first-order valence-corrected chi connectivity index (χ1v) is 8.21. The van der Waals surface area contributed by atoms with Crippen molar-refractivity contribution < 1.29 is 9.59 Å². The van der Waals surface area contributed by atoms with Crippen molar-refractivity contribution in [3.05, 3.63) is 0 Å². The molecule has 2 saturated carbocycles. The highest BCUT2D eigenvalue weighted by molar-refractivity contribution is 5.98. The zero-order chi connectivity index (χ0) is 14.2. The molecule has 0 radical (unpaired) electrons. The van der Waals surface area contributed by atoms with Crippen LogP contribution >= 0.6 is 0 Å². The zero-order valence-corrected chi connectivity index (χ0v) is 12.5. The van der Waals surface area contributed by atoms with Gasteiger partial charge in [0.25, 0.3) is 0 Å². The summed E-state index contributed by atoms with van der Waals surface area (Å²) < 4.78 is 0. The molecule has 1 aliphatic heterocycles. The first-order valence-electron chi connectivity index (χ1n) is 8.21. The fourth-order valence-corrected chi connectivity index (χ4v) is 4.32. The van der Waals surface area contributed by atoms with Gasteiger partial charge < -0.3 is 10.2 Å². The Balaban J connectivity index is 1.71. The highest BCUT2D eigenvalue weighted by atomic mass is 16.2. The number of amides is 2. The van der Waals surface area contributed by atoms with Gasteiger partial charge in [0.15, 0.2) is 0 Å². The largest absolute Gasteiger partial charge is 0.340 e. The molecule has 0 aromatic heterocycles. The highest BCUT2D eigenvalue weighted by Gasteiger charge is 2.48. The standard InChI is InChI=1S/C16H26N2O2/c1-12-6-2-3-7-13(12)10-18-11-14(19)17-16(15(18)20)8-4-5-9-16/h12-13H,2-11H2,1H3,(H,17,19). The van der Waals surface area contributed by atoms with Crippen molar-refractivity contribution in [3.63, 3.8) is 0 Å². The Morgan fingerprint density at radius 3 is 2.55 bits per heavy atom. The molecule has 0 aromatic rings. The van der Waals surface area contributed by atoms with E-state index in [2.05, 4.69) is 12.2 Å². The smallest absolute Gasteiger partial charge is 0.248 e.